The van der Waals surface area contributed by atoms with Gasteiger partial charge in [-0.3, -0.25) is 14.3 Å². The molecule has 5 aromatic rings. The molecule has 2 aliphatic heterocycles. The van der Waals surface area contributed by atoms with Crippen LogP contribution in [0.4, 0.5) is 11.4 Å². The van der Waals surface area contributed by atoms with E-state index >= 15 is 0 Å². The van der Waals surface area contributed by atoms with Crippen LogP contribution in [0.2, 0.25) is 0 Å². The first-order chi connectivity index (χ1) is 25.8. The maximum absolute atomic E-state index is 14.2. The molecule has 2 amide bonds. The number of nitrogens with zero attached hydrogens (tertiary/aromatic N) is 6. The van der Waals surface area contributed by atoms with Gasteiger partial charge in [-0.1, -0.05) is 97.1 Å². The first kappa shape index (κ1) is 35.5. The molecular formula is C42H42N6O5. The van der Waals surface area contributed by atoms with Crippen LogP contribution in [0.15, 0.2) is 127 Å². The highest BCUT2D eigenvalue weighted by Crippen LogP contribution is 2.47. The largest absolute Gasteiger partial charge is 0.497 e. The predicted octanol–water partition coefficient (Wildman–Crippen LogP) is 5.96. The lowest BCUT2D eigenvalue weighted by Gasteiger charge is -2.28. The van der Waals surface area contributed by atoms with E-state index in [0.717, 1.165) is 22.4 Å². The van der Waals surface area contributed by atoms with Gasteiger partial charge in [0.2, 0.25) is 5.91 Å². The molecule has 4 aromatic carbocycles. The first-order valence-electron chi connectivity index (χ1n) is 17.8. The van der Waals surface area contributed by atoms with Gasteiger partial charge < -0.3 is 19.8 Å². The van der Waals surface area contributed by atoms with Gasteiger partial charge in [-0.2, -0.15) is 5.10 Å². The number of anilines is 2. The Bertz CT molecular complexity index is 2130. The normalized spacial score (nSPS) is 18.3. The average molecular weight is 711 g/mol. The number of hydrogen-bond acceptors (Lipinski definition) is 8. The number of aliphatic hydroxyl groups is 2. The zero-order valence-electron chi connectivity index (χ0n) is 29.7. The summed E-state index contributed by atoms with van der Waals surface area (Å²) in [5, 5.41) is 36.9. The first-order valence-corrected chi connectivity index (χ1v) is 17.8. The molecule has 0 fully saturated rings. The minimum absolute atomic E-state index is 0.0773. The minimum atomic E-state index is -1.83. The smallest absolute Gasteiger partial charge is 0.264 e. The third-order valence-corrected chi connectivity index (χ3v) is 10.0. The van der Waals surface area contributed by atoms with Gasteiger partial charge in [0.1, 0.15) is 5.75 Å². The molecule has 2 aliphatic rings. The summed E-state index contributed by atoms with van der Waals surface area (Å²) in [6, 6.07) is 32.3. The Morgan fingerprint density at radius 1 is 0.943 bits per heavy atom. The number of benzene rings is 4. The number of hydrogen-bond donors (Lipinski definition) is 2. The summed E-state index contributed by atoms with van der Waals surface area (Å²) in [6.07, 6.45) is 7.17. The molecule has 11 heteroatoms. The lowest BCUT2D eigenvalue weighted by Crippen LogP contribution is -2.44. The Kier molecular flexibility index (Phi) is 10.3. The van der Waals surface area contributed by atoms with E-state index in [-0.39, 0.29) is 25.0 Å². The second-order valence-electron chi connectivity index (χ2n) is 13.4. The van der Waals surface area contributed by atoms with Gasteiger partial charge in [-0.15, -0.1) is 5.10 Å². The van der Waals surface area contributed by atoms with Crippen molar-refractivity contribution >= 4 is 28.9 Å². The Morgan fingerprint density at radius 2 is 1.68 bits per heavy atom. The predicted molar refractivity (Wildman–Crippen MR) is 203 cm³/mol. The highest BCUT2D eigenvalue weighted by atomic mass is 16.5. The molecule has 2 N–H and O–H groups in total. The van der Waals surface area contributed by atoms with E-state index in [9.17, 15) is 19.8 Å². The number of aromatic nitrogens is 3. The number of carbonyl (C=O) groups is 2. The summed E-state index contributed by atoms with van der Waals surface area (Å²) in [4.78, 5) is 28.7. The topological polar surface area (TPSA) is 133 Å². The van der Waals surface area contributed by atoms with Gasteiger partial charge in [0.05, 0.1) is 49.0 Å². The molecule has 0 saturated heterocycles. The number of rotatable bonds is 13. The molecule has 11 nitrogen and oxygen atoms in total. The van der Waals surface area contributed by atoms with E-state index < -0.39 is 17.4 Å². The summed E-state index contributed by atoms with van der Waals surface area (Å²) < 4.78 is 7.22. The molecular weight excluding hydrogens is 668 g/mol. The number of aliphatic hydroxyl groups excluding tert-OH is 1. The summed E-state index contributed by atoms with van der Waals surface area (Å²) in [6.45, 7) is 2.50. The van der Waals surface area contributed by atoms with Crippen molar-refractivity contribution in [3.63, 3.8) is 0 Å². The summed E-state index contributed by atoms with van der Waals surface area (Å²) in [5.74, 6) is -0.799. The number of allylic oxidation sites excluding steroid dienone is 1. The van der Waals surface area contributed by atoms with Crippen LogP contribution in [0, 0.1) is 5.92 Å². The Labute approximate surface area is 308 Å². The molecule has 0 saturated carbocycles. The minimum Gasteiger partial charge on any atom is -0.497 e. The van der Waals surface area contributed by atoms with Crippen LogP contribution in [-0.4, -0.2) is 56.4 Å². The lowest BCUT2D eigenvalue weighted by atomic mass is 9.83. The standard InChI is InChI=1S/C42H42N6O5/c1-29(11-9-10-24-46-27-38(43-45-46)35(28-49)31-12-5-3-6-13-31)42(52)36-25-34(53-2)20-22-39(36)47(41(42)51)26-30-16-18-33(19-17-30)48-40(50)23-21-37(44-48)32-14-7-4-8-15-32/h3-9,11-20,22,25,27,29,35,49,52H,10,21,23-24,26,28H2,1-2H3/b11-9+/t29-,35?,42+/m0/s1. The SMILES string of the molecule is COc1ccc2c(c1)[C@](O)([C@@H](C)/C=C/CCn1cc(C(CO)c3ccccc3)nn1)C(=O)N2Cc1ccc(N2N=C(c3ccccc3)CCC2=O)cc1. The number of ether oxygens (including phenoxy) is 1. The molecule has 53 heavy (non-hydrogen) atoms. The number of aryl methyl sites for hydroxylation is 1. The van der Waals surface area contributed by atoms with Crippen molar-refractivity contribution in [2.45, 2.75) is 50.8 Å². The van der Waals surface area contributed by atoms with Gasteiger partial charge in [0, 0.05) is 37.1 Å². The molecule has 1 aromatic heterocycles. The fourth-order valence-corrected chi connectivity index (χ4v) is 7.01. The molecule has 3 heterocycles. The second-order valence-corrected chi connectivity index (χ2v) is 13.4. The monoisotopic (exact) mass is 710 g/mol. The van der Waals surface area contributed by atoms with Crippen LogP contribution in [-0.2, 0) is 28.3 Å². The van der Waals surface area contributed by atoms with Crippen molar-refractivity contribution in [3.8, 4) is 5.75 Å². The third kappa shape index (κ3) is 7.13. The number of amides is 2. The quantitative estimate of drug-likeness (QED) is 0.144. The van der Waals surface area contributed by atoms with Crippen LogP contribution in [0.1, 0.15) is 60.1 Å². The van der Waals surface area contributed by atoms with E-state index in [0.29, 0.717) is 54.2 Å². The molecule has 3 atom stereocenters. The van der Waals surface area contributed by atoms with Crippen LogP contribution >= 0.6 is 0 Å². The second kappa shape index (κ2) is 15.4. The Morgan fingerprint density at radius 3 is 2.40 bits per heavy atom. The van der Waals surface area contributed by atoms with Crippen LogP contribution in [0.25, 0.3) is 0 Å². The number of carbonyl (C=O) groups excluding carboxylic acids is 2. The van der Waals surface area contributed by atoms with Gasteiger partial charge in [0.15, 0.2) is 5.60 Å². The fraction of sp³-hybridized carbons (Fsp3) is 0.262. The van der Waals surface area contributed by atoms with E-state index in [2.05, 4.69) is 15.4 Å². The molecule has 1 unspecified atom stereocenters. The van der Waals surface area contributed by atoms with Crippen molar-refractivity contribution in [2.24, 2.45) is 11.0 Å². The summed E-state index contributed by atoms with van der Waals surface area (Å²) in [5.41, 5.74) is 4.24. The van der Waals surface area contributed by atoms with Gasteiger partial charge in [-0.05, 0) is 53.4 Å². The molecule has 0 spiro atoms. The van der Waals surface area contributed by atoms with E-state index in [1.807, 2.05) is 110 Å². The van der Waals surface area contributed by atoms with E-state index in [4.69, 9.17) is 4.74 Å². The van der Waals surface area contributed by atoms with Crippen molar-refractivity contribution in [1.82, 2.24) is 15.0 Å². The maximum Gasteiger partial charge on any atom is 0.264 e. The van der Waals surface area contributed by atoms with Crippen molar-refractivity contribution in [1.29, 1.82) is 0 Å². The van der Waals surface area contributed by atoms with E-state index in [1.165, 1.54) is 5.01 Å². The van der Waals surface area contributed by atoms with Gasteiger partial charge in [0.25, 0.3) is 5.91 Å². The molecule has 0 aliphatic carbocycles. The van der Waals surface area contributed by atoms with Crippen molar-refractivity contribution < 1.29 is 24.5 Å². The summed E-state index contributed by atoms with van der Waals surface area (Å²) >= 11 is 0. The highest BCUT2D eigenvalue weighted by Gasteiger charge is 2.52. The molecule has 0 bridgehead atoms. The molecule has 0 radical (unpaired) electrons. The summed E-state index contributed by atoms with van der Waals surface area (Å²) in [7, 11) is 1.55. The number of fused-ring (bicyclic) bond motifs is 1. The Hall–Kier alpha value is -5.91. The maximum atomic E-state index is 14.2. The van der Waals surface area contributed by atoms with E-state index in [1.54, 1.807) is 34.9 Å². The fourth-order valence-electron chi connectivity index (χ4n) is 7.01. The number of methoxy groups -OCH3 is 1. The van der Waals surface area contributed by atoms with Crippen molar-refractivity contribution in [3.05, 3.63) is 149 Å². The molecule has 270 valence electrons. The van der Waals surface area contributed by atoms with Crippen LogP contribution in [0.3, 0.4) is 0 Å². The zero-order valence-corrected chi connectivity index (χ0v) is 29.7. The number of hydrazone groups is 1. The van der Waals surface area contributed by atoms with Crippen molar-refractivity contribution in [2.75, 3.05) is 23.6 Å². The zero-order chi connectivity index (χ0) is 37.0. The third-order valence-electron chi connectivity index (χ3n) is 10.0. The average Bonchev–Trinajstić information content (AvgIpc) is 3.75. The Balaban J connectivity index is 1.05. The lowest BCUT2D eigenvalue weighted by molar-refractivity contribution is -0.139. The van der Waals surface area contributed by atoms with Crippen LogP contribution in [0.5, 0.6) is 5.75 Å². The highest BCUT2D eigenvalue weighted by molar-refractivity contribution is 6.09. The van der Waals surface area contributed by atoms with Crippen LogP contribution < -0.4 is 14.6 Å². The van der Waals surface area contributed by atoms with Gasteiger partial charge >= 0.3 is 0 Å². The molecule has 7 rings (SSSR count). The van der Waals surface area contributed by atoms with Gasteiger partial charge in [-0.25, -0.2) is 5.01 Å².